The van der Waals surface area contributed by atoms with Gasteiger partial charge in [-0.05, 0) is 101 Å². The molecule has 0 saturated carbocycles. The second kappa shape index (κ2) is 12.0. The van der Waals surface area contributed by atoms with Crippen molar-refractivity contribution in [2.75, 3.05) is 0 Å². The van der Waals surface area contributed by atoms with Crippen LogP contribution >= 0.6 is 0 Å². The first-order valence-corrected chi connectivity index (χ1v) is 18.9. The van der Waals surface area contributed by atoms with Gasteiger partial charge < -0.3 is 9.30 Å². The molecule has 2 aliphatic heterocycles. The lowest BCUT2D eigenvalue weighted by atomic mass is 9.34. The van der Waals surface area contributed by atoms with Crippen molar-refractivity contribution in [2.45, 2.75) is 26.2 Å². The van der Waals surface area contributed by atoms with Crippen LogP contribution in [0.5, 0.6) is 11.5 Å². The molecule has 0 bridgehead atoms. The van der Waals surface area contributed by atoms with Gasteiger partial charge in [-0.2, -0.15) is 0 Å². The Hall–Kier alpha value is -6.58. The maximum Gasteiger partial charge on any atom is 0.256 e. The third-order valence-corrected chi connectivity index (χ3v) is 11.6. The third-order valence-electron chi connectivity index (χ3n) is 11.6. The van der Waals surface area contributed by atoms with Crippen molar-refractivity contribution in [1.29, 1.82) is 0 Å². The standard InChI is InChI=1S/C52H38BNO/c1-52(2,3)37-25-21-34(22-26-37)36-23-28-44-47(32-36)54-46-20-12-11-19-42(46)40-17-9-7-15-38(40)39-16-8-10-18-41(39)43-27-30-49-50(51(43)54)53(44)45-31-35(24-29-48(45)55-49)33-13-5-4-6-14-33/h4-32H,1-3H3/i4D,5D,6D,13D,14D. The number of fused-ring (bicyclic) bond motifs is 12. The fraction of sp³-hybridized carbons (Fsp3) is 0.0769. The topological polar surface area (TPSA) is 14.2 Å². The third kappa shape index (κ3) is 4.89. The Balaban J connectivity index is 1.32. The Bertz CT molecular complexity index is 3370. The van der Waals surface area contributed by atoms with Gasteiger partial charge in [0.2, 0.25) is 0 Å². The summed E-state index contributed by atoms with van der Waals surface area (Å²) in [5, 5.41) is 6.72. The molecule has 0 fully saturated rings. The summed E-state index contributed by atoms with van der Waals surface area (Å²) in [6.45, 7) is 6.39. The zero-order valence-corrected chi connectivity index (χ0v) is 30.8. The molecule has 1 aromatic heterocycles. The number of benzene rings is 8. The number of nitrogens with zero attached hydrogens (tertiary/aromatic N) is 1. The summed E-state index contributed by atoms with van der Waals surface area (Å²) in [4.78, 5) is 0. The number of hydrogen-bond donors (Lipinski definition) is 0. The molecular weight excluding hydrogens is 665 g/mol. The van der Waals surface area contributed by atoms with Crippen molar-refractivity contribution < 1.29 is 11.6 Å². The highest BCUT2D eigenvalue weighted by Crippen LogP contribution is 2.40. The number of para-hydroxylation sites is 1. The summed E-state index contributed by atoms with van der Waals surface area (Å²) in [7, 11) is 0. The Labute approximate surface area is 328 Å². The molecule has 2 aliphatic rings. The van der Waals surface area contributed by atoms with Gasteiger partial charge in [-0.1, -0.05) is 166 Å². The Kier molecular flexibility index (Phi) is 5.89. The van der Waals surface area contributed by atoms with E-state index in [9.17, 15) is 0 Å². The molecule has 260 valence electrons. The van der Waals surface area contributed by atoms with E-state index in [0.717, 1.165) is 82.3 Å². The van der Waals surface area contributed by atoms with Gasteiger partial charge in [-0.15, -0.1) is 0 Å². The van der Waals surface area contributed by atoms with E-state index in [0.29, 0.717) is 11.3 Å². The molecule has 0 N–H and O–H groups in total. The quantitative estimate of drug-likeness (QED) is 0.163. The monoisotopic (exact) mass is 708 g/mol. The molecule has 0 saturated heterocycles. The molecule has 9 aromatic rings. The zero-order chi connectivity index (χ0) is 41.2. The second-order valence-corrected chi connectivity index (χ2v) is 15.7. The summed E-state index contributed by atoms with van der Waals surface area (Å²) >= 11 is 0. The highest BCUT2D eigenvalue weighted by Gasteiger charge is 2.40. The van der Waals surface area contributed by atoms with Gasteiger partial charge in [0, 0.05) is 16.5 Å². The number of hydrogen-bond acceptors (Lipinski definition) is 1. The zero-order valence-electron chi connectivity index (χ0n) is 35.8. The van der Waals surface area contributed by atoms with Crippen LogP contribution in [0.25, 0.3) is 71.3 Å². The molecule has 0 amide bonds. The first-order chi connectivity index (χ1) is 29.0. The minimum atomic E-state index is -0.411. The van der Waals surface area contributed by atoms with Crippen LogP contribution < -0.4 is 21.1 Å². The van der Waals surface area contributed by atoms with Crippen LogP contribution in [0.15, 0.2) is 176 Å². The molecule has 0 atom stereocenters. The van der Waals surface area contributed by atoms with Gasteiger partial charge in [0.05, 0.1) is 17.9 Å². The average molecular weight is 709 g/mol. The SMILES string of the molecule is [2H]c1c([2H])c([2H])c(-c2ccc3c(c2)B2c4ccc(-c5ccc(C(C)(C)C)cc5)cc4-n4c5ccccc5c5ccccc5c5ccccc5c5ccc(c2c54)O3)c([2H])c1[2H]. The highest BCUT2D eigenvalue weighted by atomic mass is 16.5. The smallest absolute Gasteiger partial charge is 0.256 e. The second-order valence-electron chi connectivity index (χ2n) is 15.7. The van der Waals surface area contributed by atoms with E-state index >= 15 is 0 Å². The number of aromatic nitrogens is 1. The van der Waals surface area contributed by atoms with Crippen LogP contribution in [0.3, 0.4) is 0 Å². The molecule has 3 heteroatoms. The van der Waals surface area contributed by atoms with E-state index in [4.69, 9.17) is 11.6 Å². The summed E-state index contributed by atoms with van der Waals surface area (Å²) in [6.07, 6.45) is 0. The van der Waals surface area contributed by atoms with Gasteiger partial charge in [0.25, 0.3) is 6.71 Å². The molecular formula is C52H38BNO. The highest BCUT2D eigenvalue weighted by molar-refractivity contribution is 6.99. The molecule has 0 aliphatic carbocycles. The van der Waals surface area contributed by atoms with Crippen LogP contribution in [-0.4, -0.2) is 11.3 Å². The molecule has 11 rings (SSSR count). The van der Waals surface area contributed by atoms with E-state index in [2.05, 4.69) is 153 Å². The first kappa shape index (κ1) is 27.1. The Morgan fingerprint density at radius 1 is 0.509 bits per heavy atom. The molecule has 8 aromatic carbocycles. The van der Waals surface area contributed by atoms with Crippen molar-refractivity contribution in [3.05, 3.63) is 181 Å². The maximum absolute atomic E-state index is 8.88. The van der Waals surface area contributed by atoms with Crippen LogP contribution in [-0.2, 0) is 5.41 Å². The van der Waals surface area contributed by atoms with Crippen molar-refractivity contribution in [2.24, 2.45) is 0 Å². The minimum absolute atomic E-state index is 0.0238. The van der Waals surface area contributed by atoms with Gasteiger partial charge in [0.1, 0.15) is 11.5 Å². The fourth-order valence-corrected chi connectivity index (χ4v) is 8.93. The van der Waals surface area contributed by atoms with Crippen molar-refractivity contribution >= 4 is 66.5 Å². The van der Waals surface area contributed by atoms with E-state index in [1.807, 2.05) is 12.1 Å². The molecule has 0 spiro atoms. The maximum atomic E-state index is 8.88. The van der Waals surface area contributed by atoms with Gasteiger partial charge in [-0.3, -0.25) is 0 Å². The molecule has 0 unspecified atom stereocenters. The summed E-state index contributed by atoms with van der Waals surface area (Å²) in [5.74, 6) is 1.42. The van der Waals surface area contributed by atoms with E-state index in [1.165, 1.54) is 5.56 Å². The summed E-state index contributed by atoms with van der Waals surface area (Å²) in [6, 6.07) is 50.0. The normalized spacial score (nSPS) is 14.0. The van der Waals surface area contributed by atoms with E-state index in [-0.39, 0.29) is 41.9 Å². The largest absolute Gasteiger partial charge is 0.458 e. The minimum Gasteiger partial charge on any atom is -0.458 e. The van der Waals surface area contributed by atoms with Crippen LogP contribution in [0, 0.1) is 0 Å². The lowest BCUT2D eigenvalue weighted by Gasteiger charge is -2.34. The predicted molar refractivity (Wildman–Crippen MR) is 234 cm³/mol. The van der Waals surface area contributed by atoms with Crippen molar-refractivity contribution in [3.63, 3.8) is 0 Å². The number of rotatable bonds is 2. The molecule has 2 nitrogen and oxygen atoms in total. The molecule has 0 radical (unpaired) electrons. The number of ether oxygens (including phenoxy) is 1. The van der Waals surface area contributed by atoms with E-state index in [1.54, 1.807) is 6.07 Å². The first-order valence-electron chi connectivity index (χ1n) is 21.4. The lowest BCUT2D eigenvalue weighted by molar-refractivity contribution is 0.488. The van der Waals surface area contributed by atoms with E-state index < -0.39 is 6.04 Å². The lowest BCUT2D eigenvalue weighted by Crippen LogP contribution is -2.58. The van der Waals surface area contributed by atoms with Gasteiger partial charge >= 0.3 is 0 Å². The average Bonchev–Trinajstić information content (AvgIpc) is 3.31. The summed E-state index contributed by atoms with van der Waals surface area (Å²) in [5.41, 5.74) is 10.3. The van der Waals surface area contributed by atoms with Crippen molar-refractivity contribution in [1.82, 2.24) is 4.57 Å². The molecule has 3 heterocycles. The Morgan fingerprint density at radius 2 is 1.09 bits per heavy atom. The van der Waals surface area contributed by atoms with Gasteiger partial charge in [0.15, 0.2) is 0 Å². The Morgan fingerprint density at radius 3 is 1.80 bits per heavy atom. The van der Waals surface area contributed by atoms with Crippen molar-refractivity contribution in [3.8, 4) is 39.4 Å². The van der Waals surface area contributed by atoms with Gasteiger partial charge in [-0.25, -0.2) is 0 Å². The summed E-state index contributed by atoms with van der Waals surface area (Å²) < 4.78 is 52.3. The fourth-order valence-electron chi connectivity index (χ4n) is 8.93. The predicted octanol–water partition coefficient (Wildman–Crippen LogP) is 11.8. The van der Waals surface area contributed by atoms with Crippen LogP contribution in [0.4, 0.5) is 0 Å². The molecule has 55 heavy (non-hydrogen) atoms. The van der Waals surface area contributed by atoms with Crippen LogP contribution in [0.2, 0.25) is 0 Å². The van der Waals surface area contributed by atoms with Crippen LogP contribution in [0.1, 0.15) is 33.2 Å².